The number of aromatic hydroxyl groups is 1. The first-order valence-electron chi connectivity index (χ1n) is 7.12. The van der Waals surface area contributed by atoms with Gasteiger partial charge in [-0.1, -0.05) is 29.8 Å². The lowest BCUT2D eigenvalue weighted by molar-refractivity contribution is -0.139. The van der Waals surface area contributed by atoms with Crippen LogP contribution in [-0.4, -0.2) is 33.1 Å². The van der Waals surface area contributed by atoms with Crippen LogP contribution in [0.3, 0.4) is 0 Å². The molecule has 0 radical (unpaired) electrons. The lowest BCUT2D eigenvalue weighted by Gasteiger charge is -2.15. The van der Waals surface area contributed by atoms with E-state index in [9.17, 15) is 19.8 Å². The summed E-state index contributed by atoms with van der Waals surface area (Å²) in [7, 11) is 0. The van der Waals surface area contributed by atoms with E-state index in [4.69, 9.17) is 0 Å². The fraction of sp³-hybridized carbons (Fsp3) is 0.235. The summed E-state index contributed by atoms with van der Waals surface area (Å²) in [5, 5.41) is 21.6. The van der Waals surface area contributed by atoms with Gasteiger partial charge in [0.05, 0.1) is 0 Å². The molecule has 0 spiro atoms. The molecule has 2 rings (SSSR count). The van der Waals surface area contributed by atoms with Gasteiger partial charge in [0.2, 0.25) is 0 Å². The maximum atomic E-state index is 12.2. The van der Waals surface area contributed by atoms with Crippen LogP contribution in [0.15, 0.2) is 36.5 Å². The predicted molar refractivity (Wildman–Crippen MR) is 84.4 cm³/mol. The van der Waals surface area contributed by atoms with Crippen molar-refractivity contribution >= 4 is 11.9 Å². The summed E-state index contributed by atoms with van der Waals surface area (Å²) < 4.78 is 0. The quantitative estimate of drug-likeness (QED) is 0.782. The van der Waals surface area contributed by atoms with Crippen molar-refractivity contribution in [2.75, 3.05) is 0 Å². The number of carbonyl (C=O) groups is 2. The Morgan fingerprint density at radius 3 is 2.43 bits per heavy atom. The van der Waals surface area contributed by atoms with Gasteiger partial charge in [0.15, 0.2) is 5.69 Å². The molecule has 120 valence electrons. The molecule has 0 unspecified atom stereocenters. The fourth-order valence-corrected chi connectivity index (χ4v) is 2.10. The molecule has 0 aliphatic carbocycles. The van der Waals surface area contributed by atoms with Crippen molar-refractivity contribution in [3.63, 3.8) is 0 Å². The summed E-state index contributed by atoms with van der Waals surface area (Å²) in [4.78, 5) is 27.4. The number of hydrogen-bond acceptors (Lipinski definition) is 4. The van der Waals surface area contributed by atoms with Crippen LogP contribution in [0.25, 0.3) is 0 Å². The number of carboxylic acid groups (broad SMARTS) is 1. The van der Waals surface area contributed by atoms with Gasteiger partial charge in [0, 0.05) is 12.6 Å². The molecule has 0 bridgehead atoms. The van der Waals surface area contributed by atoms with Crippen molar-refractivity contribution in [3.05, 3.63) is 58.9 Å². The molecule has 0 aliphatic heterocycles. The van der Waals surface area contributed by atoms with E-state index >= 15 is 0 Å². The molecule has 1 aromatic carbocycles. The van der Waals surface area contributed by atoms with Gasteiger partial charge >= 0.3 is 5.97 Å². The minimum Gasteiger partial charge on any atom is -0.505 e. The number of benzene rings is 1. The lowest BCUT2D eigenvalue weighted by atomic mass is 10.0. The molecule has 0 saturated heterocycles. The monoisotopic (exact) mass is 314 g/mol. The zero-order valence-corrected chi connectivity index (χ0v) is 12.9. The highest BCUT2D eigenvalue weighted by molar-refractivity contribution is 5.97. The molecule has 3 N–H and O–H groups in total. The Bertz CT molecular complexity index is 726. The third-order valence-corrected chi connectivity index (χ3v) is 3.50. The summed E-state index contributed by atoms with van der Waals surface area (Å²) in [5.41, 5.74) is 2.18. The number of aryl methyl sites for hydroxylation is 2. The Labute approximate surface area is 133 Å². The molecule has 1 aromatic heterocycles. The SMILES string of the molecule is Cc1ccc(C[C@H](NC(=O)c2nccc(C)c2O)C(=O)O)cc1. The largest absolute Gasteiger partial charge is 0.505 e. The number of carboxylic acids is 1. The van der Waals surface area contributed by atoms with E-state index in [1.54, 1.807) is 13.0 Å². The number of hydrogen-bond donors (Lipinski definition) is 3. The van der Waals surface area contributed by atoms with Crippen molar-refractivity contribution < 1.29 is 19.8 Å². The van der Waals surface area contributed by atoms with Gasteiger partial charge in [0.25, 0.3) is 5.91 Å². The predicted octanol–water partition coefficient (Wildman–Crippen LogP) is 1.83. The third kappa shape index (κ3) is 4.06. The summed E-state index contributed by atoms with van der Waals surface area (Å²) in [6, 6.07) is 7.85. The second kappa shape index (κ2) is 6.91. The molecule has 23 heavy (non-hydrogen) atoms. The van der Waals surface area contributed by atoms with Gasteiger partial charge in [0.1, 0.15) is 11.8 Å². The van der Waals surface area contributed by atoms with Crippen molar-refractivity contribution in [1.82, 2.24) is 10.3 Å². The van der Waals surface area contributed by atoms with Gasteiger partial charge in [-0.05, 0) is 31.0 Å². The Morgan fingerprint density at radius 1 is 1.17 bits per heavy atom. The lowest BCUT2D eigenvalue weighted by Crippen LogP contribution is -2.42. The average molecular weight is 314 g/mol. The molecular formula is C17H18N2O4. The topological polar surface area (TPSA) is 99.5 Å². The van der Waals surface area contributed by atoms with Gasteiger partial charge in [-0.2, -0.15) is 0 Å². The summed E-state index contributed by atoms with van der Waals surface area (Å²) in [6.45, 7) is 3.57. The van der Waals surface area contributed by atoms with Crippen LogP contribution in [0.1, 0.15) is 27.2 Å². The number of rotatable bonds is 5. The van der Waals surface area contributed by atoms with Gasteiger partial charge in [-0.25, -0.2) is 9.78 Å². The molecule has 0 saturated carbocycles. The molecule has 1 amide bonds. The highest BCUT2D eigenvalue weighted by atomic mass is 16.4. The van der Waals surface area contributed by atoms with Crippen LogP contribution < -0.4 is 5.32 Å². The van der Waals surface area contributed by atoms with E-state index < -0.39 is 17.9 Å². The standard InChI is InChI=1S/C17H18N2O4/c1-10-3-5-12(6-4-10)9-13(17(22)23)19-16(21)14-15(20)11(2)7-8-18-14/h3-8,13,20H,9H2,1-2H3,(H,19,21)(H,22,23)/t13-/m0/s1. The van der Waals surface area contributed by atoms with Crippen molar-refractivity contribution in [2.24, 2.45) is 0 Å². The zero-order valence-electron chi connectivity index (χ0n) is 12.9. The average Bonchev–Trinajstić information content (AvgIpc) is 2.51. The molecule has 6 heteroatoms. The Hall–Kier alpha value is -2.89. The van der Waals surface area contributed by atoms with Gasteiger partial charge in [-0.3, -0.25) is 4.79 Å². The fourth-order valence-electron chi connectivity index (χ4n) is 2.10. The number of aromatic nitrogens is 1. The zero-order chi connectivity index (χ0) is 17.0. The Morgan fingerprint density at radius 2 is 1.83 bits per heavy atom. The van der Waals surface area contributed by atoms with Crippen LogP contribution in [0.4, 0.5) is 0 Å². The number of amides is 1. The summed E-state index contributed by atoms with van der Waals surface area (Å²) >= 11 is 0. The first-order chi connectivity index (χ1) is 10.9. The number of pyridine rings is 1. The molecule has 2 aromatic rings. The molecule has 6 nitrogen and oxygen atoms in total. The summed E-state index contributed by atoms with van der Waals surface area (Å²) in [6.07, 6.45) is 1.54. The molecule has 0 aliphatic rings. The number of nitrogens with zero attached hydrogens (tertiary/aromatic N) is 1. The highest BCUT2D eigenvalue weighted by Crippen LogP contribution is 2.19. The Kier molecular flexibility index (Phi) is 4.95. The van der Waals surface area contributed by atoms with E-state index in [0.29, 0.717) is 5.56 Å². The summed E-state index contributed by atoms with van der Waals surface area (Å²) in [5.74, 6) is -2.11. The van der Waals surface area contributed by atoms with Crippen molar-refractivity contribution in [1.29, 1.82) is 0 Å². The van der Waals surface area contributed by atoms with E-state index in [-0.39, 0.29) is 17.9 Å². The van der Waals surface area contributed by atoms with E-state index in [1.165, 1.54) is 6.20 Å². The van der Waals surface area contributed by atoms with Crippen LogP contribution in [-0.2, 0) is 11.2 Å². The number of nitrogens with one attached hydrogen (secondary N) is 1. The number of aliphatic carboxylic acids is 1. The molecular weight excluding hydrogens is 296 g/mol. The van der Waals surface area contributed by atoms with Gasteiger partial charge in [-0.15, -0.1) is 0 Å². The smallest absolute Gasteiger partial charge is 0.326 e. The van der Waals surface area contributed by atoms with Crippen LogP contribution in [0.5, 0.6) is 5.75 Å². The third-order valence-electron chi connectivity index (χ3n) is 3.50. The van der Waals surface area contributed by atoms with Gasteiger partial charge < -0.3 is 15.5 Å². The van der Waals surface area contributed by atoms with Crippen LogP contribution in [0, 0.1) is 13.8 Å². The first-order valence-corrected chi connectivity index (χ1v) is 7.12. The van der Waals surface area contributed by atoms with Crippen LogP contribution >= 0.6 is 0 Å². The molecule has 1 heterocycles. The maximum Gasteiger partial charge on any atom is 0.326 e. The molecule has 0 fully saturated rings. The second-order valence-corrected chi connectivity index (χ2v) is 5.38. The van der Waals surface area contributed by atoms with E-state index in [1.807, 2.05) is 31.2 Å². The van der Waals surface area contributed by atoms with E-state index in [2.05, 4.69) is 10.3 Å². The second-order valence-electron chi connectivity index (χ2n) is 5.38. The highest BCUT2D eigenvalue weighted by Gasteiger charge is 2.23. The van der Waals surface area contributed by atoms with Crippen LogP contribution in [0.2, 0.25) is 0 Å². The van der Waals surface area contributed by atoms with Crippen molar-refractivity contribution in [3.8, 4) is 5.75 Å². The first kappa shape index (κ1) is 16.5. The van der Waals surface area contributed by atoms with Crippen molar-refractivity contribution in [2.45, 2.75) is 26.3 Å². The number of carbonyl (C=O) groups excluding carboxylic acids is 1. The normalized spacial score (nSPS) is 11.7. The Balaban J connectivity index is 2.16. The minimum absolute atomic E-state index is 0.147. The maximum absolute atomic E-state index is 12.2. The minimum atomic E-state index is -1.15. The molecule has 1 atom stereocenters. The van der Waals surface area contributed by atoms with E-state index in [0.717, 1.165) is 11.1 Å².